The predicted octanol–water partition coefficient (Wildman–Crippen LogP) is 4.40. The number of Topliss-reactive ketones (excluding diaryl/α,β-unsaturated/α-hetero) is 1. The molecule has 5 rings (SSSR count). The second-order valence-electron chi connectivity index (χ2n) is 11.8. The number of aryl methyl sites for hydroxylation is 1. The number of benzene rings is 1. The quantitative estimate of drug-likeness (QED) is 0.282. The number of fused-ring (bicyclic) bond motifs is 5. The fraction of sp³-hybridized carbons (Fsp3) is 0.586. The largest absolute Gasteiger partial charge is 0.390 e. The smallest absolute Gasteiger partial charge is 0.194 e. The van der Waals surface area contributed by atoms with E-state index in [1.54, 1.807) is 20.9 Å². The van der Waals surface area contributed by atoms with Crippen molar-refractivity contribution in [3.8, 4) is 0 Å². The van der Waals surface area contributed by atoms with Crippen molar-refractivity contribution in [1.29, 1.82) is 0 Å². The number of nitrogens with zero attached hydrogens (tertiary/aromatic N) is 1. The molecule has 0 heterocycles. The topological polar surface area (TPSA) is 87.1 Å². The molecule has 0 spiro atoms. The fourth-order valence-corrected chi connectivity index (χ4v) is 9.73. The molecule has 0 bridgehead atoms. The van der Waals surface area contributed by atoms with Crippen molar-refractivity contribution < 1.29 is 33.4 Å². The van der Waals surface area contributed by atoms with Gasteiger partial charge in [-0.25, -0.2) is 8.78 Å². The van der Waals surface area contributed by atoms with Crippen molar-refractivity contribution in [2.45, 2.75) is 67.5 Å². The minimum atomic E-state index is -2.25. The highest BCUT2D eigenvalue weighted by Gasteiger charge is 2.78. The lowest BCUT2D eigenvalue weighted by Gasteiger charge is -2.63. The standard InChI is InChI=1S/C29H34F2INO5/c1-16-5-7-17(8-6-16)33(4)38-29(25(37)15-34)23(32)13-19-20-12-22(30)21-11-18(35)9-10-26(21,2)28(20,31)24(36)14-27(19,29)3/h5-11,19-20,22-24,34,36H,12-15H2,1-4H3/t19-,20-,22-,23+,24-,26-,27-,28-,29-/m0/s1. The van der Waals surface area contributed by atoms with Crippen LogP contribution in [-0.2, 0) is 14.4 Å². The zero-order valence-electron chi connectivity index (χ0n) is 22.0. The third kappa shape index (κ3) is 3.50. The first-order chi connectivity index (χ1) is 17.8. The van der Waals surface area contributed by atoms with Crippen LogP contribution < -0.4 is 5.06 Å². The second kappa shape index (κ2) is 9.17. The van der Waals surface area contributed by atoms with Gasteiger partial charge in [-0.15, -0.1) is 0 Å². The summed E-state index contributed by atoms with van der Waals surface area (Å²) >= 11 is 2.13. The van der Waals surface area contributed by atoms with Crippen LogP contribution in [0.25, 0.3) is 0 Å². The lowest BCUT2D eigenvalue weighted by molar-refractivity contribution is -0.230. The molecule has 0 radical (unpaired) electrons. The molecule has 6 nitrogen and oxygen atoms in total. The number of ketones is 2. The van der Waals surface area contributed by atoms with E-state index < -0.39 is 68.3 Å². The van der Waals surface area contributed by atoms with Gasteiger partial charge in [0, 0.05) is 23.8 Å². The molecule has 0 aromatic heterocycles. The molecule has 2 N–H and O–H groups in total. The Hall–Kier alpha value is -1.69. The minimum Gasteiger partial charge on any atom is -0.390 e. The molecule has 9 atom stereocenters. The third-order valence-corrected chi connectivity index (χ3v) is 11.4. The molecule has 0 unspecified atom stereocenters. The zero-order valence-corrected chi connectivity index (χ0v) is 24.1. The first kappa shape index (κ1) is 27.9. The molecule has 4 aliphatic carbocycles. The number of allylic oxidation sites excluding steroid dienone is 4. The maximum atomic E-state index is 17.5. The summed E-state index contributed by atoms with van der Waals surface area (Å²) in [6, 6.07) is 7.53. The molecule has 0 amide bonds. The van der Waals surface area contributed by atoms with Gasteiger partial charge in [0.2, 0.25) is 0 Å². The maximum Gasteiger partial charge on any atom is 0.194 e. The fourth-order valence-electron chi connectivity index (χ4n) is 8.01. The summed E-state index contributed by atoms with van der Waals surface area (Å²) in [5.74, 6) is -2.42. The number of rotatable bonds is 5. The van der Waals surface area contributed by atoms with Gasteiger partial charge < -0.3 is 10.2 Å². The van der Waals surface area contributed by atoms with Crippen LogP contribution in [0.15, 0.2) is 48.1 Å². The van der Waals surface area contributed by atoms with Crippen molar-refractivity contribution in [3.63, 3.8) is 0 Å². The van der Waals surface area contributed by atoms with Crippen LogP contribution in [0.1, 0.15) is 38.7 Å². The van der Waals surface area contributed by atoms with Gasteiger partial charge in [-0.3, -0.25) is 19.5 Å². The minimum absolute atomic E-state index is 0.0588. The van der Waals surface area contributed by atoms with E-state index in [1.807, 2.05) is 31.2 Å². The lowest BCUT2D eigenvalue weighted by atomic mass is 9.44. The van der Waals surface area contributed by atoms with Crippen LogP contribution in [0.4, 0.5) is 14.5 Å². The Morgan fingerprint density at radius 1 is 1.21 bits per heavy atom. The van der Waals surface area contributed by atoms with Gasteiger partial charge in [0.05, 0.1) is 15.7 Å². The van der Waals surface area contributed by atoms with Gasteiger partial charge in [-0.1, -0.05) is 53.3 Å². The van der Waals surface area contributed by atoms with E-state index in [9.17, 15) is 19.8 Å². The van der Waals surface area contributed by atoms with Gasteiger partial charge in [0.15, 0.2) is 22.8 Å². The van der Waals surface area contributed by atoms with Crippen molar-refractivity contribution in [2.24, 2.45) is 22.7 Å². The molecule has 38 heavy (non-hydrogen) atoms. The van der Waals surface area contributed by atoms with Gasteiger partial charge >= 0.3 is 0 Å². The number of aliphatic hydroxyl groups excluding tert-OH is 2. The molecule has 3 saturated carbocycles. The highest BCUT2D eigenvalue weighted by Crippen LogP contribution is 2.71. The van der Waals surface area contributed by atoms with Crippen LogP contribution in [0.3, 0.4) is 0 Å². The second-order valence-corrected chi connectivity index (χ2v) is 13.3. The average Bonchev–Trinajstić information content (AvgIpc) is 3.09. The highest BCUT2D eigenvalue weighted by molar-refractivity contribution is 14.1. The molecule has 9 heteroatoms. The number of hydrogen-bond donors (Lipinski definition) is 2. The third-order valence-electron chi connectivity index (χ3n) is 10.0. The summed E-state index contributed by atoms with van der Waals surface area (Å²) in [5, 5.41) is 23.2. The molecular weight excluding hydrogens is 607 g/mol. The maximum absolute atomic E-state index is 17.5. The number of hydrogen-bond acceptors (Lipinski definition) is 6. The van der Waals surface area contributed by atoms with Crippen molar-refractivity contribution in [3.05, 3.63) is 53.6 Å². The van der Waals surface area contributed by atoms with E-state index in [1.165, 1.54) is 17.2 Å². The van der Waals surface area contributed by atoms with Crippen molar-refractivity contribution >= 4 is 39.8 Å². The Morgan fingerprint density at radius 2 is 1.87 bits per heavy atom. The Kier molecular flexibility index (Phi) is 6.73. The lowest BCUT2D eigenvalue weighted by Crippen LogP contribution is -2.71. The number of halogens is 3. The molecule has 4 aliphatic rings. The van der Waals surface area contributed by atoms with Gasteiger partial charge in [0.25, 0.3) is 0 Å². The predicted molar refractivity (Wildman–Crippen MR) is 147 cm³/mol. The number of aliphatic hydroxyl groups is 2. The molecule has 0 aliphatic heterocycles. The number of anilines is 1. The summed E-state index contributed by atoms with van der Waals surface area (Å²) in [4.78, 5) is 32.2. The Bertz CT molecular complexity index is 1220. The van der Waals surface area contributed by atoms with Gasteiger partial charge in [-0.2, -0.15) is 0 Å². The highest BCUT2D eigenvalue weighted by atomic mass is 127. The molecule has 1 aromatic carbocycles. The number of carbonyl (C=O) groups excluding carboxylic acids is 2. The summed E-state index contributed by atoms with van der Waals surface area (Å²) < 4.78 is 32.7. The van der Waals surface area contributed by atoms with Crippen LogP contribution in [0, 0.1) is 29.6 Å². The number of carbonyl (C=O) groups is 2. The van der Waals surface area contributed by atoms with Crippen molar-refractivity contribution in [2.75, 3.05) is 18.7 Å². The Balaban J connectivity index is 1.61. The van der Waals surface area contributed by atoms with Crippen molar-refractivity contribution in [1.82, 2.24) is 0 Å². The molecule has 3 fully saturated rings. The Morgan fingerprint density at radius 3 is 2.50 bits per heavy atom. The monoisotopic (exact) mass is 641 g/mol. The summed E-state index contributed by atoms with van der Waals surface area (Å²) in [5.41, 5.74) is -4.65. The summed E-state index contributed by atoms with van der Waals surface area (Å²) in [6.45, 7) is 4.53. The van der Waals surface area contributed by atoms with Crippen LogP contribution in [0.5, 0.6) is 0 Å². The van der Waals surface area contributed by atoms with E-state index in [0.717, 1.165) is 11.6 Å². The average molecular weight is 641 g/mol. The van der Waals surface area contributed by atoms with Gasteiger partial charge in [-0.05, 0) is 68.9 Å². The SMILES string of the molecule is Cc1ccc(N(C)O[C@]2(C(=O)CO)[C@H](I)C[C@H]3[C@@H]4C[C@H](F)C5=CC(=O)C=C[C@]5(C)[C@@]4(F)[C@@H](O)C[C@@]32C)cc1. The van der Waals surface area contributed by atoms with E-state index in [2.05, 4.69) is 22.6 Å². The molecule has 206 valence electrons. The molecular formula is C29H34F2INO5. The summed E-state index contributed by atoms with van der Waals surface area (Å²) in [7, 11) is 1.68. The molecule has 1 aromatic rings. The van der Waals surface area contributed by atoms with E-state index in [4.69, 9.17) is 4.84 Å². The van der Waals surface area contributed by atoms with Crippen LogP contribution in [-0.4, -0.2) is 62.9 Å². The normalized spacial score (nSPS) is 43.7. The number of alkyl halides is 3. The van der Waals surface area contributed by atoms with Gasteiger partial charge in [0.1, 0.15) is 12.8 Å². The van der Waals surface area contributed by atoms with E-state index in [0.29, 0.717) is 12.1 Å². The first-order valence-electron chi connectivity index (χ1n) is 13.0. The molecule has 0 saturated heterocycles. The van der Waals surface area contributed by atoms with E-state index >= 15 is 8.78 Å². The Labute approximate surface area is 235 Å². The number of hydroxylamine groups is 1. The zero-order chi connectivity index (χ0) is 27.8. The first-order valence-corrected chi connectivity index (χ1v) is 14.2. The summed E-state index contributed by atoms with van der Waals surface area (Å²) in [6.07, 6.45) is 0.694. The van der Waals surface area contributed by atoms with E-state index in [-0.39, 0.29) is 18.4 Å². The van der Waals surface area contributed by atoms with Crippen LogP contribution >= 0.6 is 22.6 Å². The van der Waals surface area contributed by atoms with Crippen LogP contribution in [0.2, 0.25) is 0 Å².